The van der Waals surface area contributed by atoms with Crippen molar-refractivity contribution in [3.63, 3.8) is 0 Å². The van der Waals surface area contributed by atoms with Gasteiger partial charge in [0.1, 0.15) is 17.4 Å². The number of esters is 1. The highest BCUT2D eigenvalue weighted by Gasteiger charge is 2.17. The Kier molecular flexibility index (Phi) is 4.43. The molecule has 0 aromatic heterocycles. The van der Waals surface area contributed by atoms with E-state index in [1.54, 1.807) is 6.07 Å². The third kappa shape index (κ3) is 3.13. The highest BCUT2D eigenvalue weighted by molar-refractivity contribution is 6.30. The summed E-state index contributed by atoms with van der Waals surface area (Å²) in [5.41, 5.74) is 0.0888. The smallest absolute Gasteiger partial charge is 0.340 e. The van der Waals surface area contributed by atoms with Gasteiger partial charge in [-0.1, -0.05) is 23.7 Å². The average Bonchev–Trinajstić information content (AvgIpc) is 2.45. The number of carbonyl (C=O) groups is 1. The molecule has 2 aromatic rings. The van der Waals surface area contributed by atoms with Gasteiger partial charge in [0, 0.05) is 12.5 Å². The number of hydrogen-bond acceptors (Lipinski definition) is 3. The van der Waals surface area contributed by atoms with Crippen LogP contribution in [0.1, 0.15) is 21.5 Å². The molecule has 0 aliphatic heterocycles. The number of halogens is 3. The van der Waals surface area contributed by atoms with E-state index in [4.69, 9.17) is 11.6 Å². The molecule has 0 fully saturated rings. The van der Waals surface area contributed by atoms with E-state index >= 15 is 0 Å². The van der Waals surface area contributed by atoms with Gasteiger partial charge in [-0.3, -0.25) is 0 Å². The summed E-state index contributed by atoms with van der Waals surface area (Å²) in [6, 6.07) is 6.37. The van der Waals surface area contributed by atoms with Crippen molar-refractivity contribution in [2.45, 2.75) is 6.42 Å². The van der Waals surface area contributed by atoms with E-state index in [1.165, 1.54) is 12.1 Å². The van der Waals surface area contributed by atoms with Crippen LogP contribution < -0.4 is 0 Å². The summed E-state index contributed by atoms with van der Waals surface area (Å²) in [7, 11) is 1.12. The SMILES string of the molecule is COC(=O)c1cc(Cc2cccc(Cl)c2F)c(O)cc1F. The van der Waals surface area contributed by atoms with E-state index in [-0.39, 0.29) is 33.9 Å². The lowest BCUT2D eigenvalue weighted by Gasteiger charge is -2.09. The molecule has 3 nitrogen and oxygen atoms in total. The van der Waals surface area contributed by atoms with Gasteiger partial charge in [-0.25, -0.2) is 13.6 Å². The largest absolute Gasteiger partial charge is 0.508 e. The van der Waals surface area contributed by atoms with Crippen molar-refractivity contribution < 1.29 is 23.4 Å². The Balaban J connectivity index is 2.44. The zero-order valence-electron chi connectivity index (χ0n) is 11.0. The maximum Gasteiger partial charge on any atom is 0.340 e. The van der Waals surface area contributed by atoms with E-state index in [9.17, 15) is 18.7 Å². The summed E-state index contributed by atoms with van der Waals surface area (Å²) in [5.74, 6) is -2.78. The third-order valence-electron chi connectivity index (χ3n) is 2.99. The van der Waals surface area contributed by atoms with Crippen molar-refractivity contribution in [3.05, 3.63) is 63.7 Å². The number of hydrogen-bond donors (Lipinski definition) is 1. The van der Waals surface area contributed by atoms with Crippen molar-refractivity contribution in [2.24, 2.45) is 0 Å². The summed E-state index contributed by atoms with van der Waals surface area (Å²) in [6.07, 6.45) is -0.0392. The minimum Gasteiger partial charge on any atom is -0.508 e. The van der Waals surface area contributed by atoms with E-state index in [0.717, 1.165) is 19.2 Å². The standard InChI is InChI=1S/C15H11ClF2O3/c1-21-15(20)10-6-9(13(19)7-12(10)17)5-8-3-2-4-11(16)14(8)18/h2-4,6-7,19H,5H2,1H3. The first-order chi connectivity index (χ1) is 9.93. The van der Waals surface area contributed by atoms with Gasteiger partial charge in [-0.2, -0.15) is 0 Å². The van der Waals surface area contributed by atoms with Gasteiger partial charge < -0.3 is 9.84 Å². The summed E-state index contributed by atoms with van der Waals surface area (Å²) in [5, 5.41) is 9.69. The molecule has 0 saturated heterocycles. The van der Waals surface area contributed by atoms with Crippen LogP contribution in [0.3, 0.4) is 0 Å². The third-order valence-corrected chi connectivity index (χ3v) is 3.28. The van der Waals surface area contributed by atoms with Crippen molar-refractivity contribution in [3.8, 4) is 5.75 Å². The fraction of sp³-hybridized carbons (Fsp3) is 0.133. The van der Waals surface area contributed by atoms with Gasteiger partial charge in [0.05, 0.1) is 17.7 Å². The van der Waals surface area contributed by atoms with Crippen LogP contribution in [-0.4, -0.2) is 18.2 Å². The molecule has 0 aliphatic carbocycles. The van der Waals surface area contributed by atoms with Crippen LogP contribution in [0.5, 0.6) is 5.75 Å². The van der Waals surface area contributed by atoms with Crippen molar-refractivity contribution in [1.82, 2.24) is 0 Å². The predicted molar refractivity (Wildman–Crippen MR) is 73.6 cm³/mol. The Morgan fingerprint density at radius 2 is 2.00 bits per heavy atom. The molecule has 0 unspecified atom stereocenters. The number of aromatic hydroxyl groups is 1. The van der Waals surface area contributed by atoms with Crippen LogP contribution in [0.4, 0.5) is 8.78 Å². The van der Waals surface area contributed by atoms with Gasteiger partial charge in [-0.05, 0) is 23.3 Å². The summed E-state index contributed by atoms with van der Waals surface area (Å²) in [6.45, 7) is 0. The maximum atomic E-state index is 13.8. The Labute approximate surface area is 124 Å². The van der Waals surface area contributed by atoms with Crippen LogP contribution in [-0.2, 0) is 11.2 Å². The maximum absolute atomic E-state index is 13.8. The second-order valence-corrected chi connectivity index (χ2v) is 4.75. The van der Waals surface area contributed by atoms with Crippen LogP contribution >= 0.6 is 11.6 Å². The molecule has 0 radical (unpaired) electrons. The molecule has 6 heteroatoms. The minimum absolute atomic E-state index is 0.0392. The Bertz CT molecular complexity index is 702. The normalized spacial score (nSPS) is 10.5. The lowest BCUT2D eigenvalue weighted by atomic mass is 10.0. The Morgan fingerprint density at radius 1 is 1.29 bits per heavy atom. The van der Waals surface area contributed by atoms with Crippen LogP contribution in [0.2, 0.25) is 5.02 Å². The number of phenolic OH excluding ortho intramolecular Hbond substituents is 1. The van der Waals surface area contributed by atoms with Gasteiger partial charge in [0.25, 0.3) is 0 Å². The lowest BCUT2D eigenvalue weighted by Crippen LogP contribution is -2.06. The number of rotatable bonds is 3. The highest BCUT2D eigenvalue weighted by Crippen LogP contribution is 2.27. The number of carbonyl (C=O) groups excluding carboxylic acids is 1. The average molecular weight is 313 g/mol. The quantitative estimate of drug-likeness (QED) is 0.879. The molecule has 0 atom stereocenters. The Morgan fingerprint density at radius 3 is 2.67 bits per heavy atom. The zero-order valence-corrected chi connectivity index (χ0v) is 11.7. The van der Waals surface area contributed by atoms with Crippen molar-refractivity contribution in [2.75, 3.05) is 7.11 Å². The number of methoxy groups -OCH3 is 1. The molecule has 0 heterocycles. The van der Waals surface area contributed by atoms with Crippen molar-refractivity contribution in [1.29, 1.82) is 0 Å². The van der Waals surface area contributed by atoms with Gasteiger partial charge in [0.15, 0.2) is 0 Å². The molecule has 110 valence electrons. The molecule has 0 spiro atoms. The molecule has 2 aromatic carbocycles. The molecule has 0 bridgehead atoms. The van der Waals surface area contributed by atoms with Gasteiger partial charge >= 0.3 is 5.97 Å². The summed E-state index contributed by atoms with van der Waals surface area (Å²) >= 11 is 5.68. The first-order valence-corrected chi connectivity index (χ1v) is 6.34. The zero-order chi connectivity index (χ0) is 15.6. The molecule has 21 heavy (non-hydrogen) atoms. The molecular formula is C15H11ClF2O3. The molecular weight excluding hydrogens is 302 g/mol. The molecule has 1 N–H and O–H groups in total. The molecule has 0 saturated carbocycles. The molecule has 2 rings (SSSR count). The van der Waals surface area contributed by atoms with E-state index in [2.05, 4.69) is 4.74 Å². The summed E-state index contributed by atoms with van der Waals surface area (Å²) < 4.78 is 31.9. The fourth-order valence-electron chi connectivity index (χ4n) is 1.91. The number of ether oxygens (including phenoxy) is 1. The van der Waals surface area contributed by atoms with E-state index in [0.29, 0.717) is 0 Å². The molecule has 0 amide bonds. The fourth-order valence-corrected chi connectivity index (χ4v) is 2.10. The second-order valence-electron chi connectivity index (χ2n) is 4.34. The van der Waals surface area contributed by atoms with E-state index in [1.807, 2.05) is 0 Å². The minimum atomic E-state index is -0.908. The predicted octanol–water partition coefficient (Wildman–Crippen LogP) is 3.70. The Hall–Kier alpha value is -2.14. The van der Waals surface area contributed by atoms with Crippen LogP contribution in [0.25, 0.3) is 0 Å². The highest BCUT2D eigenvalue weighted by atomic mass is 35.5. The van der Waals surface area contributed by atoms with Crippen LogP contribution in [0, 0.1) is 11.6 Å². The first kappa shape index (κ1) is 15.3. The monoisotopic (exact) mass is 312 g/mol. The number of benzene rings is 2. The molecule has 0 aliphatic rings. The first-order valence-electron chi connectivity index (χ1n) is 5.96. The number of phenols is 1. The second kappa shape index (κ2) is 6.10. The van der Waals surface area contributed by atoms with Crippen LogP contribution in [0.15, 0.2) is 30.3 Å². The van der Waals surface area contributed by atoms with Crippen molar-refractivity contribution >= 4 is 17.6 Å². The summed E-state index contributed by atoms with van der Waals surface area (Å²) in [4.78, 5) is 11.4. The van der Waals surface area contributed by atoms with E-state index < -0.39 is 17.6 Å². The lowest BCUT2D eigenvalue weighted by molar-refractivity contribution is 0.0595. The topological polar surface area (TPSA) is 46.5 Å². The van der Waals surface area contributed by atoms with Gasteiger partial charge in [0.2, 0.25) is 0 Å². The van der Waals surface area contributed by atoms with Gasteiger partial charge in [-0.15, -0.1) is 0 Å².